The number of carboxylic acid groups (broad SMARTS) is 1. The number of hydrogen-bond donors (Lipinski definition) is 1. The van der Waals surface area contributed by atoms with Crippen molar-refractivity contribution in [2.75, 3.05) is 6.54 Å². The molecule has 6 nitrogen and oxygen atoms in total. The SMILES string of the molecule is Cc1ccc(COc2ccc(C3C4=C(CCCC4=O)N(CCC(=O)O)C4=C3C(=O)CCC4)cc2)cc1. The van der Waals surface area contributed by atoms with Crippen molar-refractivity contribution < 1.29 is 24.2 Å². The molecule has 0 bridgehead atoms. The van der Waals surface area contributed by atoms with Crippen LogP contribution in [0.5, 0.6) is 5.75 Å². The predicted molar refractivity (Wildman–Crippen MR) is 135 cm³/mol. The van der Waals surface area contributed by atoms with Crippen molar-refractivity contribution in [3.05, 3.63) is 87.8 Å². The van der Waals surface area contributed by atoms with Crippen molar-refractivity contribution in [3.63, 3.8) is 0 Å². The first-order chi connectivity index (χ1) is 17.4. The van der Waals surface area contributed by atoms with Gasteiger partial charge in [-0.1, -0.05) is 42.0 Å². The van der Waals surface area contributed by atoms with Crippen molar-refractivity contribution in [1.29, 1.82) is 0 Å². The Labute approximate surface area is 211 Å². The van der Waals surface area contributed by atoms with Crippen LogP contribution in [0.2, 0.25) is 0 Å². The molecule has 1 N–H and O–H groups in total. The van der Waals surface area contributed by atoms with Crippen LogP contribution in [0.15, 0.2) is 71.1 Å². The zero-order chi connectivity index (χ0) is 25.2. The highest BCUT2D eigenvalue weighted by molar-refractivity contribution is 6.06. The lowest BCUT2D eigenvalue weighted by atomic mass is 9.71. The number of ether oxygens (including phenoxy) is 1. The number of benzene rings is 2. The molecule has 0 saturated heterocycles. The summed E-state index contributed by atoms with van der Waals surface area (Å²) >= 11 is 0. The maximum atomic E-state index is 13.3. The highest BCUT2D eigenvalue weighted by Crippen LogP contribution is 2.49. The first-order valence-electron chi connectivity index (χ1n) is 12.7. The Balaban J connectivity index is 1.48. The molecule has 2 aromatic rings. The van der Waals surface area contributed by atoms with Gasteiger partial charge in [0.15, 0.2) is 11.6 Å². The molecule has 0 saturated carbocycles. The van der Waals surface area contributed by atoms with Crippen LogP contribution >= 0.6 is 0 Å². The van der Waals surface area contributed by atoms with Gasteiger partial charge in [-0.2, -0.15) is 0 Å². The van der Waals surface area contributed by atoms with Crippen LogP contribution in [-0.2, 0) is 21.0 Å². The molecule has 0 radical (unpaired) electrons. The number of nitrogens with zero attached hydrogens (tertiary/aromatic N) is 1. The minimum atomic E-state index is -0.882. The molecule has 2 aromatic carbocycles. The van der Waals surface area contributed by atoms with Crippen LogP contribution in [0.3, 0.4) is 0 Å². The number of carbonyl (C=O) groups is 3. The molecule has 0 atom stereocenters. The van der Waals surface area contributed by atoms with E-state index in [2.05, 4.69) is 19.1 Å². The largest absolute Gasteiger partial charge is 0.489 e. The first kappa shape index (κ1) is 24.0. The molecular formula is C30H31NO5. The van der Waals surface area contributed by atoms with E-state index in [0.717, 1.165) is 54.0 Å². The molecule has 36 heavy (non-hydrogen) atoms. The summed E-state index contributed by atoms with van der Waals surface area (Å²) < 4.78 is 5.98. The van der Waals surface area contributed by atoms with Gasteiger partial charge >= 0.3 is 5.97 Å². The normalized spacial score (nSPS) is 18.3. The third kappa shape index (κ3) is 4.72. The molecular weight excluding hydrogens is 454 g/mol. The quantitative estimate of drug-likeness (QED) is 0.561. The predicted octanol–water partition coefficient (Wildman–Crippen LogP) is 5.46. The topological polar surface area (TPSA) is 83.9 Å². The van der Waals surface area contributed by atoms with Gasteiger partial charge < -0.3 is 14.7 Å². The Morgan fingerprint density at radius 2 is 1.47 bits per heavy atom. The molecule has 0 aromatic heterocycles. The van der Waals surface area contributed by atoms with Crippen LogP contribution in [0.1, 0.15) is 67.6 Å². The fraction of sp³-hybridized carbons (Fsp3) is 0.367. The molecule has 0 spiro atoms. The van der Waals surface area contributed by atoms with E-state index in [1.165, 1.54) is 5.56 Å². The summed E-state index contributed by atoms with van der Waals surface area (Å²) in [4.78, 5) is 39.9. The van der Waals surface area contributed by atoms with Crippen molar-refractivity contribution in [2.24, 2.45) is 0 Å². The highest BCUT2D eigenvalue weighted by Gasteiger charge is 2.43. The van der Waals surface area contributed by atoms with Gasteiger partial charge in [0.2, 0.25) is 0 Å². The Morgan fingerprint density at radius 1 is 0.889 bits per heavy atom. The second-order valence-corrected chi connectivity index (χ2v) is 9.85. The Hall–Kier alpha value is -3.67. The summed E-state index contributed by atoms with van der Waals surface area (Å²) in [5.41, 5.74) is 6.36. The second-order valence-electron chi connectivity index (χ2n) is 9.85. The Bertz CT molecular complexity index is 1210. The van der Waals surface area contributed by atoms with Gasteiger partial charge in [-0.05, 0) is 55.9 Å². The maximum Gasteiger partial charge on any atom is 0.305 e. The minimum absolute atomic E-state index is 0.0341. The Morgan fingerprint density at radius 3 is 2.03 bits per heavy atom. The van der Waals surface area contributed by atoms with Crippen LogP contribution in [0.25, 0.3) is 0 Å². The number of aliphatic carboxylic acids is 1. The van der Waals surface area contributed by atoms with Crippen LogP contribution in [-0.4, -0.2) is 34.1 Å². The number of carboxylic acids is 1. The van der Waals surface area contributed by atoms with Crippen LogP contribution < -0.4 is 4.74 Å². The molecule has 1 heterocycles. The number of rotatable bonds is 7. The minimum Gasteiger partial charge on any atom is -0.489 e. The first-order valence-corrected chi connectivity index (χ1v) is 12.7. The van der Waals surface area contributed by atoms with Gasteiger partial charge in [-0.25, -0.2) is 0 Å². The summed E-state index contributed by atoms with van der Waals surface area (Å²) in [6, 6.07) is 15.9. The van der Waals surface area contributed by atoms with Gasteiger partial charge in [0.1, 0.15) is 12.4 Å². The maximum absolute atomic E-state index is 13.3. The number of carbonyl (C=O) groups excluding carboxylic acids is 2. The molecule has 0 unspecified atom stereocenters. The van der Waals surface area contributed by atoms with E-state index in [4.69, 9.17) is 4.74 Å². The van der Waals surface area contributed by atoms with Crippen molar-refractivity contribution in [2.45, 2.75) is 64.4 Å². The van der Waals surface area contributed by atoms with E-state index < -0.39 is 11.9 Å². The molecule has 186 valence electrons. The summed E-state index contributed by atoms with van der Waals surface area (Å²) in [6.07, 6.45) is 3.81. The monoisotopic (exact) mass is 485 g/mol. The van der Waals surface area contributed by atoms with E-state index in [0.29, 0.717) is 30.6 Å². The van der Waals surface area contributed by atoms with Crippen LogP contribution in [0, 0.1) is 6.92 Å². The molecule has 2 aliphatic carbocycles. The molecule has 1 aliphatic heterocycles. The zero-order valence-corrected chi connectivity index (χ0v) is 20.6. The number of hydrogen-bond acceptors (Lipinski definition) is 5. The third-order valence-electron chi connectivity index (χ3n) is 7.38. The Kier molecular flexibility index (Phi) is 6.77. The van der Waals surface area contributed by atoms with Gasteiger partial charge in [0, 0.05) is 47.8 Å². The highest BCUT2D eigenvalue weighted by atomic mass is 16.5. The fourth-order valence-corrected chi connectivity index (χ4v) is 5.63. The van der Waals surface area contributed by atoms with Gasteiger partial charge in [0.05, 0.1) is 6.42 Å². The van der Waals surface area contributed by atoms with E-state index in [1.54, 1.807) is 0 Å². The smallest absolute Gasteiger partial charge is 0.305 e. The lowest BCUT2D eigenvalue weighted by molar-refractivity contribution is -0.137. The number of aryl methyl sites for hydroxylation is 1. The standard InChI is InChI=1S/C30H31NO5/c1-19-8-10-20(11-9-19)18-36-22-14-12-21(13-15-22)28-29-23(4-2-6-25(29)32)31(17-16-27(34)35)24-5-3-7-26(33)30(24)28/h8-15,28H,2-7,16-18H2,1H3,(H,34,35). The summed E-state index contributed by atoms with van der Waals surface area (Å²) in [5.74, 6) is -0.432. The average Bonchev–Trinajstić information content (AvgIpc) is 2.87. The summed E-state index contributed by atoms with van der Waals surface area (Å²) in [6.45, 7) is 2.80. The third-order valence-corrected chi connectivity index (χ3v) is 7.38. The summed E-state index contributed by atoms with van der Waals surface area (Å²) in [5, 5.41) is 9.32. The molecule has 6 heteroatoms. The van der Waals surface area contributed by atoms with E-state index >= 15 is 0 Å². The fourth-order valence-electron chi connectivity index (χ4n) is 5.63. The van der Waals surface area contributed by atoms with Crippen molar-refractivity contribution in [3.8, 4) is 5.75 Å². The average molecular weight is 486 g/mol. The van der Waals surface area contributed by atoms with E-state index in [-0.39, 0.29) is 24.5 Å². The lowest BCUT2D eigenvalue weighted by Crippen LogP contribution is -2.39. The number of ketones is 2. The molecule has 3 aliphatic rings. The van der Waals surface area contributed by atoms with Gasteiger partial charge in [-0.3, -0.25) is 14.4 Å². The number of allylic oxidation sites excluding steroid dienone is 4. The van der Waals surface area contributed by atoms with Crippen LogP contribution in [0.4, 0.5) is 0 Å². The van der Waals surface area contributed by atoms with Gasteiger partial charge in [-0.15, -0.1) is 0 Å². The zero-order valence-electron chi connectivity index (χ0n) is 20.6. The molecule has 0 fully saturated rings. The molecule has 5 rings (SSSR count). The van der Waals surface area contributed by atoms with Crippen molar-refractivity contribution in [1.82, 2.24) is 4.90 Å². The lowest BCUT2D eigenvalue weighted by Gasteiger charge is -2.44. The van der Waals surface area contributed by atoms with E-state index in [9.17, 15) is 19.5 Å². The summed E-state index contributed by atoms with van der Waals surface area (Å²) in [7, 11) is 0. The van der Waals surface area contributed by atoms with Crippen molar-refractivity contribution >= 4 is 17.5 Å². The second kappa shape index (κ2) is 10.1. The van der Waals surface area contributed by atoms with E-state index in [1.807, 2.05) is 41.3 Å². The van der Waals surface area contributed by atoms with Gasteiger partial charge in [0.25, 0.3) is 0 Å². The molecule has 0 amide bonds. The number of Topliss-reactive ketones (excluding diaryl/α,β-unsaturated/α-hetero) is 2.